The van der Waals surface area contributed by atoms with Gasteiger partial charge in [-0.15, -0.1) is 0 Å². The fraction of sp³-hybridized carbons (Fsp3) is 0.538. The van der Waals surface area contributed by atoms with Gasteiger partial charge in [-0.2, -0.15) is 11.8 Å². The molecular weight excluding hydrogens is 303 g/mol. The van der Waals surface area contributed by atoms with Crippen LogP contribution in [0.15, 0.2) is 22.7 Å². The van der Waals surface area contributed by atoms with Crippen LogP contribution in [0.2, 0.25) is 0 Å². The summed E-state index contributed by atoms with van der Waals surface area (Å²) in [6, 6.07) is 4.58. The van der Waals surface area contributed by atoms with Crippen molar-refractivity contribution < 1.29 is 9.50 Å². The van der Waals surface area contributed by atoms with E-state index in [2.05, 4.69) is 29.8 Å². The Bertz CT molecular complexity index is 357. The van der Waals surface area contributed by atoms with Crippen LogP contribution in [0.5, 0.6) is 0 Å². The predicted molar refractivity (Wildman–Crippen MR) is 76.0 cm³/mol. The molecule has 0 heterocycles. The minimum atomic E-state index is -0.375. The van der Waals surface area contributed by atoms with Crippen molar-refractivity contribution in [2.45, 2.75) is 26.4 Å². The monoisotopic (exact) mass is 320 g/mol. The van der Waals surface area contributed by atoms with Gasteiger partial charge in [-0.05, 0) is 29.4 Å². The SMILES string of the molecule is CC(C)CSCC(O)Cc1ccc(F)cc1Br. The number of halogens is 2. The molecule has 0 bridgehead atoms. The third-order valence-corrected chi connectivity index (χ3v) is 4.49. The second-order valence-corrected chi connectivity index (χ2v) is 6.45. The van der Waals surface area contributed by atoms with E-state index < -0.39 is 0 Å². The third-order valence-electron chi connectivity index (χ3n) is 2.23. The molecule has 1 unspecified atom stereocenters. The molecule has 1 atom stereocenters. The van der Waals surface area contributed by atoms with Gasteiger partial charge < -0.3 is 5.11 Å². The zero-order valence-corrected chi connectivity index (χ0v) is 12.5. The Kier molecular flexibility index (Phi) is 6.52. The summed E-state index contributed by atoms with van der Waals surface area (Å²) in [5, 5.41) is 9.87. The topological polar surface area (TPSA) is 20.2 Å². The summed E-state index contributed by atoms with van der Waals surface area (Å²) >= 11 is 5.07. The molecule has 0 saturated carbocycles. The maximum atomic E-state index is 12.9. The lowest BCUT2D eigenvalue weighted by Gasteiger charge is -2.12. The molecule has 1 aromatic rings. The van der Waals surface area contributed by atoms with Gasteiger partial charge in [0.1, 0.15) is 5.82 Å². The maximum Gasteiger partial charge on any atom is 0.124 e. The number of aliphatic hydroxyl groups is 1. The van der Waals surface area contributed by atoms with Crippen LogP contribution in [0.4, 0.5) is 4.39 Å². The van der Waals surface area contributed by atoms with E-state index in [4.69, 9.17) is 0 Å². The minimum Gasteiger partial charge on any atom is -0.392 e. The zero-order valence-electron chi connectivity index (χ0n) is 10.1. The number of hydrogen-bond donors (Lipinski definition) is 1. The van der Waals surface area contributed by atoms with Crippen LogP contribution in [0, 0.1) is 11.7 Å². The van der Waals surface area contributed by atoms with E-state index in [1.807, 2.05) is 0 Å². The van der Waals surface area contributed by atoms with Crippen LogP contribution in [0.1, 0.15) is 19.4 Å². The second-order valence-electron chi connectivity index (χ2n) is 4.52. The minimum absolute atomic E-state index is 0.260. The van der Waals surface area contributed by atoms with Crippen LogP contribution in [0.3, 0.4) is 0 Å². The molecule has 0 amide bonds. The lowest BCUT2D eigenvalue weighted by molar-refractivity contribution is 0.200. The Morgan fingerprint density at radius 1 is 1.35 bits per heavy atom. The molecular formula is C13H18BrFOS. The highest BCUT2D eigenvalue weighted by Crippen LogP contribution is 2.20. The third kappa shape index (κ3) is 5.89. The largest absolute Gasteiger partial charge is 0.392 e. The second kappa shape index (κ2) is 7.39. The van der Waals surface area contributed by atoms with Gasteiger partial charge in [0.15, 0.2) is 0 Å². The number of thioether (sulfide) groups is 1. The molecule has 96 valence electrons. The molecule has 17 heavy (non-hydrogen) atoms. The van der Waals surface area contributed by atoms with Gasteiger partial charge in [-0.1, -0.05) is 35.8 Å². The Morgan fingerprint density at radius 2 is 2.06 bits per heavy atom. The van der Waals surface area contributed by atoms with Crippen LogP contribution in [-0.2, 0) is 6.42 Å². The zero-order chi connectivity index (χ0) is 12.8. The molecule has 1 rings (SSSR count). The molecule has 0 aliphatic rings. The van der Waals surface area contributed by atoms with Gasteiger partial charge in [0.05, 0.1) is 6.10 Å². The van der Waals surface area contributed by atoms with Crippen molar-refractivity contribution in [1.29, 1.82) is 0 Å². The fourth-order valence-corrected chi connectivity index (χ4v) is 2.95. The van der Waals surface area contributed by atoms with Crippen LogP contribution >= 0.6 is 27.7 Å². The van der Waals surface area contributed by atoms with Gasteiger partial charge in [0.2, 0.25) is 0 Å². The quantitative estimate of drug-likeness (QED) is 0.858. The molecule has 1 nitrogen and oxygen atoms in total. The summed E-state index contributed by atoms with van der Waals surface area (Å²) in [6.45, 7) is 4.33. The van der Waals surface area contributed by atoms with Crippen molar-refractivity contribution in [1.82, 2.24) is 0 Å². The summed E-state index contributed by atoms with van der Waals surface area (Å²) in [7, 11) is 0. The first-order valence-corrected chi connectivity index (χ1v) is 7.63. The summed E-state index contributed by atoms with van der Waals surface area (Å²) in [5.41, 5.74) is 0.948. The summed E-state index contributed by atoms with van der Waals surface area (Å²) < 4.78 is 13.6. The lowest BCUT2D eigenvalue weighted by Crippen LogP contribution is -2.14. The van der Waals surface area contributed by atoms with Crippen molar-refractivity contribution in [3.8, 4) is 0 Å². The van der Waals surface area contributed by atoms with Crippen molar-refractivity contribution in [3.05, 3.63) is 34.1 Å². The van der Waals surface area contributed by atoms with Crippen molar-refractivity contribution >= 4 is 27.7 Å². The summed E-state index contributed by atoms with van der Waals surface area (Å²) in [5.74, 6) is 2.16. The standard InChI is InChI=1S/C13H18BrFOS/c1-9(2)7-17-8-12(16)5-10-3-4-11(15)6-13(10)14/h3-4,6,9,12,16H,5,7-8H2,1-2H3. The molecule has 0 fully saturated rings. The highest BCUT2D eigenvalue weighted by Gasteiger charge is 2.09. The van der Waals surface area contributed by atoms with E-state index in [1.54, 1.807) is 17.8 Å². The Morgan fingerprint density at radius 3 is 2.65 bits per heavy atom. The average Bonchev–Trinajstić information content (AvgIpc) is 2.21. The van der Waals surface area contributed by atoms with Gasteiger partial charge in [0, 0.05) is 16.6 Å². The summed E-state index contributed by atoms with van der Waals surface area (Å²) in [6.07, 6.45) is 0.187. The number of benzene rings is 1. The van der Waals surface area contributed by atoms with Crippen molar-refractivity contribution in [2.24, 2.45) is 5.92 Å². The Labute approximate surface area is 115 Å². The first-order chi connectivity index (χ1) is 7.99. The molecule has 1 N–H and O–H groups in total. The van der Waals surface area contributed by atoms with Crippen LogP contribution < -0.4 is 0 Å². The first-order valence-electron chi connectivity index (χ1n) is 5.68. The van der Waals surface area contributed by atoms with E-state index in [0.29, 0.717) is 12.3 Å². The maximum absolute atomic E-state index is 12.9. The molecule has 0 aliphatic heterocycles. The van der Waals surface area contributed by atoms with Crippen molar-refractivity contribution in [3.63, 3.8) is 0 Å². The van der Waals surface area contributed by atoms with E-state index >= 15 is 0 Å². The molecule has 0 aliphatic carbocycles. The van der Waals surface area contributed by atoms with E-state index in [-0.39, 0.29) is 11.9 Å². The van der Waals surface area contributed by atoms with Gasteiger partial charge in [-0.3, -0.25) is 0 Å². The molecule has 0 radical (unpaired) electrons. The van der Waals surface area contributed by atoms with Crippen LogP contribution in [-0.4, -0.2) is 22.7 Å². The van der Waals surface area contributed by atoms with Crippen LogP contribution in [0.25, 0.3) is 0 Å². The molecule has 4 heteroatoms. The molecule has 0 aromatic heterocycles. The van der Waals surface area contributed by atoms with Crippen molar-refractivity contribution in [2.75, 3.05) is 11.5 Å². The highest BCUT2D eigenvalue weighted by molar-refractivity contribution is 9.10. The predicted octanol–water partition coefficient (Wildman–Crippen LogP) is 3.88. The number of hydrogen-bond acceptors (Lipinski definition) is 2. The van der Waals surface area contributed by atoms with Gasteiger partial charge >= 0.3 is 0 Å². The lowest BCUT2D eigenvalue weighted by atomic mass is 10.1. The average molecular weight is 321 g/mol. The van der Waals surface area contributed by atoms with Gasteiger partial charge in [-0.25, -0.2) is 4.39 Å². The molecule has 0 saturated heterocycles. The first kappa shape index (κ1) is 15.0. The van der Waals surface area contributed by atoms with E-state index in [0.717, 1.165) is 21.5 Å². The summed E-state index contributed by atoms with van der Waals surface area (Å²) in [4.78, 5) is 0. The van der Waals surface area contributed by atoms with E-state index in [9.17, 15) is 9.50 Å². The number of rotatable bonds is 6. The smallest absolute Gasteiger partial charge is 0.124 e. The Balaban J connectivity index is 2.42. The van der Waals surface area contributed by atoms with E-state index in [1.165, 1.54) is 12.1 Å². The fourth-order valence-electron chi connectivity index (χ4n) is 1.44. The highest BCUT2D eigenvalue weighted by atomic mass is 79.9. The van der Waals surface area contributed by atoms with Gasteiger partial charge in [0.25, 0.3) is 0 Å². The molecule has 1 aromatic carbocycles. The normalized spacial score (nSPS) is 13.1. The molecule has 0 spiro atoms. The number of aliphatic hydroxyl groups excluding tert-OH is 1. The Hall–Kier alpha value is -0.0600.